The molecule has 0 radical (unpaired) electrons. The zero-order valence-corrected chi connectivity index (χ0v) is 9.32. The van der Waals surface area contributed by atoms with E-state index < -0.39 is 5.97 Å². The summed E-state index contributed by atoms with van der Waals surface area (Å²) in [5.74, 6) is -1.28. The first-order valence-corrected chi connectivity index (χ1v) is 5.20. The number of phenols is 1. The van der Waals surface area contributed by atoms with E-state index in [1.807, 2.05) is 18.2 Å². The molecule has 0 aliphatic carbocycles. The molecule has 0 heterocycles. The second kappa shape index (κ2) is 5.09. The van der Waals surface area contributed by atoms with Crippen LogP contribution in [-0.2, 0) is 0 Å². The fourth-order valence-electron chi connectivity index (χ4n) is 1.39. The molecule has 5 nitrogen and oxygen atoms in total. The highest BCUT2D eigenvalue weighted by atomic mass is 16.4. The van der Waals surface area contributed by atoms with Gasteiger partial charge in [0.1, 0.15) is 11.4 Å². The van der Waals surface area contributed by atoms with E-state index in [1.54, 1.807) is 12.1 Å². The number of carbonyl (C=O) groups is 1. The van der Waals surface area contributed by atoms with E-state index in [0.29, 0.717) is 5.69 Å². The zero-order chi connectivity index (χ0) is 13.0. The highest BCUT2D eigenvalue weighted by molar-refractivity contribution is 5.93. The van der Waals surface area contributed by atoms with E-state index >= 15 is 0 Å². The molecule has 2 aromatic carbocycles. The van der Waals surface area contributed by atoms with Crippen LogP contribution in [0.1, 0.15) is 10.4 Å². The minimum atomic E-state index is -1.16. The lowest BCUT2D eigenvalue weighted by Crippen LogP contribution is -1.95. The summed E-state index contributed by atoms with van der Waals surface area (Å²) in [5, 5.41) is 26.0. The largest absolute Gasteiger partial charge is 0.508 e. The van der Waals surface area contributed by atoms with Gasteiger partial charge in [-0.25, -0.2) is 4.79 Å². The maximum Gasteiger partial charge on any atom is 0.338 e. The van der Waals surface area contributed by atoms with Gasteiger partial charge in [-0.15, -0.1) is 5.11 Å². The van der Waals surface area contributed by atoms with Crippen molar-refractivity contribution in [2.75, 3.05) is 0 Å². The minimum Gasteiger partial charge on any atom is -0.508 e. The van der Waals surface area contributed by atoms with Gasteiger partial charge in [0.2, 0.25) is 0 Å². The number of aromatic hydroxyl groups is 1. The molecule has 0 spiro atoms. The van der Waals surface area contributed by atoms with Crippen LogP contribution >= 0.6 is 0 Å². The van der Waals surface area contributed by atoms with Crippen LogP contribution < -0.4 is 0 Å². The fraction of sp³-hybridized carbons (Fsp3) is 0. The number of hydrogen-bond acceptors (Lipinski definition) is 4. The fourth-order valence-corrected chi connectivity index (χ4v) is 1.39. The number of azo groups is 1. The first-order chi connectivity index (χ1) is 8.66. The number of phenolic OH excluding ortho intramolecular Hbond substituents is 1. The van der Waals surface area contributed by atoms with Gasteiger partial charge in [0.15, 0.2) is 0 Å². The summed E-state index contributed by atoms with van der Waals surface area (Å²) in [4.78, 5) is 11.0. The van der Waals surface area contributed by atoms with Gasteiger partial charge in [-0.1, -0.05) is 18.2 Å². The molecular formula is C13H10N2O3. The number of benzene rings is 2. The van der Waals surface area contributed by atoms with Crippen LogP contribution in [0.25, 0.3) is 0 Å². The molecule has 0 saturated carbocycles. The van der Waals surface area contributed by atoms with Gasteiger partial charge in [0.25, 0.3) is 0 Å². The minimum absolute atomic E-state index is 0.0883. The third-order valence-corrected chi connectivity index (χ3v) is 2.24. The van der Waals surface area contributed by atoms with Crippen LogP contribution in [0.2, 0.25) is 0 Å². The van der Waals surface area contributed by atoms with Crippen molar-refractivity contribution in [3.05, 3.63) is 54.1 Å². The number of rotatable bonds is 3. The lowest BCUT2D eigenvalue weighted by Gasteiger charge is -2.00. The SMILES string of the molecule is O=C(O)c1cc(O)ccc1/N=N/c1ccccc1. The third kappa shape index (κ3) is 2.70. The monoisotopic (exact) mass is 242 g/mol. The molecule has 0 atom stereocenters. The molecule has 2 N–H and O–H groups in total. The Labute approximate surface area is 103 Å². The van der Waals surface area contributed by atoms with E-state index in [9.17, 15) is 9.90 Å². The summed E-state index contributed by atoms with van der Waals surface area (Å²) in [6.07, 6.45) is 0. The normalized spacial score (nSPS) is 10.7. The Morgan fingerprint density at radius 1 is 1.00 bits per heavy atom. The van der Waals surface area contributed by atoms with E-state index in [2.05, 4.69) is 10.2 Å². The van der Waals surface area contributed by atoms with Crippen molar-refractivity contribution in [2.45, 2.75) is 0 Å². The van der Waals surface area contributed by atoms with E-state index in [4.69, 9.17) is 5.11 Å². The first-order valence-electron chi connectivity index (χ1n) is 5.20. The van der Waals surface area contributed by atoms with Crippen LogP contribution in [-0.4, -0.2) is 16.2 Å². The molecule has 0 saturated heterocycles. The van der Waals surface area contributed by atoms with E-state index in [-0.39, 0.29) is 17.0 Å². The van der Waals surface area contributed by atoms with Crippen LogP contribution in [0.3, 0.4) is 0 Å². The molecule has 0 unspecified atom stereocenters. The summed E-state index contributed by atoms with van der Waals surface area (Å²) in [6.45, 7) is 0. The molecule has 0 aliphatic heterocycles. The Morgan fingerprint density at radius 2 is 1.72 bits per heavy atom. The van der Waals surface area contributed by atoms with Gasteiger partial charge in [0, 0.05) is 0 Å². The molecule has 90 valence electrons. The maximum absolute atomic E-state index is 11.0. The Balaban J connectivity index is 2.35. The maximum atomic E-state index is 11.0. The molecule has 0 amide bonds. The summed E-state index contributed by atoms with van der Waals surface area (Å²) in [6, 6.07) is 12.9. The molecule has 2 aromatic rings. The predicted octanol–water partition coefficient (Wildman–Crippen LogP) is 3.51. The van der Waals surface area contributed by atoms with Crippen molar-refractivity contribution >= 4 is 17.3 Å². The number of aromatic carboxylic acids is 1. The molecule has 0 aliphatic rings. The quantitative estimate of drug-likeness (QED) is 0.808. The lowest BCUT2D eigenvalue weighted by atomic mass is 10.2. The number of carboxylic acid groups (broad SMARTS) is 1. The van der Waals surface area contributed by atoms with Gasteiger partial charge in [0.05, 0.1) is 11.3 Å². The highest BCUT2D eigenvalue weighted by Crippen LogP contribution is 2.25. The van der Waals surface area contributed by atoms with Crippen molar-refractivity contribution in [2.24, 2.45) is 10.2 Å². The Kier molecular flexibility index (Phi) is 3.33. The smallest absolute Gasteiger partial charge is 0.338 e. The highest BCUT2D eigenvalue weighted by Gasteiger charge is 2.10. The number of nitrogens with zero attached hydrogens (tertiary/aromatic N) is 2. The number of hydrogen-bond donors (Lipinski definition) is 2. The molecular weight excluding hydrogens is 232 g/mol. The van der Waals surface area contributed by atoms with Crippen LogP contribution in [0.5, 0.6) is 5.75 Å². The standard InChI is InChI=1S/C13H10N2O3/c16-10-6-7-12(11(8-10)13(17)18)15-14-9-4-2-1-3-5-9/h1-8,16H,(H,17,18)/b15-14+. The second-order valence-electron chi connectivity index (χ2n) is 3.54. The third-order valence-electron chi connectivity index (χ3n) is 2.24. The van der Waals surface area contributed by atoms with Crippen molar-refractivity contribution in [3.63, 3.8) is 0 Å². The summed E-state index contributed by atoms with van der Waals surface area (Å²) >= 11 is 0. The lowest BCUT2D eigenvalue weighted by molar-refractivity contribution is 0.0697. The van der Waals surface area contributed by atoms with Crippen molar-refractivity contribution in [1.82, 2.24) is 0 Å². The number of carboxylic acids is 1. The molecule has 2 rings (SSSR count). The van der Waals surface area contributed by atoms with Crippen LogP contribution in [0, 0.1) is 0 Å². The molecule has 0 aromatic heterocycles. The van der Waals surface area contributed by atoms with Crippen molar-refractivity contribution in [3.8, 4) is 5.75 Å². The molecule has 0 fully saturated rings. The Morgan fingerprint density at radius 3 is 2.39 bits per heavy atom. The van der Waals surface area contributed by atoms with Crippen LogP contribution in [0.15, 0.2) is 58.8 Å². The predicted molar refractivity (Wildman–Crippen MR) is 65.7 cm³/mol. The summed E-state index contributed by atoms with van der Waals surface area (Å²) in [5.41, 5.74) is 0.737. The average molecular weight is 242 g/mol. The van der Waals surface area contributed by atoms with Crippen LogP contribution in [0.4, 0.5) is 11.4 Å². The summed E-state index contributed by atoms with van der Waals surface area (Å²) < 4.78 is 0. The van der Waals surface area contributed by atoms with Gasteiger partial charge in [-0.2, -0.15) is 5.11 Å². The second-order valence-corrected chi connectivity index (χ2v) is 3.54. The van der Waals surface area contributed by atoms with Gasteiger partial charge < -0.3 is 10.2 Å². The van der Waals surface area contributed by atoms with Crippen molar-refractivity contribution < 1.29 is 15.0 Å². The van der Waals surface area contributed by atoms with E-state index in [0.717, 1.165) is 6.07 Å². The topological polar surface area (TPSA) is 82.2 Å². The van der Waals surface area contributed by atoms with Gasteiger partial charge >= 0.3 is 5.97 Å². The van der Waals surface area contributed by atoms with Crippen molar-refractivity contribution in [1.29, 1.82) is 0 Å². The molecule has 18 heavy (non-hydrogen) atoms. The molecule has 0 bridgehead atoms. The summed E-state index contributed by atoms with van der Waals surface area (Å²) in [7, 11) is 0. The van der Waals surface area contributed by atoms with Gasteiger partial charge in [-0.3, -0.25) is 0 Å². The molecule has 5 heteroatoms. The van der Waals surface area contributed by atoms with E-state index in [1.165, 1.54) is 12.1 Å². The average Bonchev–Trinajstić information content (AvgIpc) is 2.38. The Bertz CT molecular complexity index is 594. The Hall–Kier alpha value is -2.69. The first kappa shape index (κ1) is 11.8. The van der Waals surface area contributed by atoms with Gasteiger partial charge in [-0.05, 0) is 30.3 Å². The zero-order valence-electron chi connectivity index (χ0n) is 9.32.